The molecule has 28 heavy (non-hydrogen) atoms. The van der Waals surface area contributed by atoms with Gasteiger partial charge in [0, 0.05) is 5.69 Å². The fourth-order valence-corrected chi connectivity index (χ4v) is 2.98. The van der Waals surface area contributed by atoms with E-state index in [0.29, 0.717) is 5.69 Å². The van der Waals surface area contributed by atoms with E-state index in [9.17, 15) is 9.90 Å². The number of H-pyrrole nitrogens is 1. The number of rotatable bonds is 4. The zero-order valence-electron chi connectivity index (χ0n) is 14.8. The minimum Gasteiger partial charge on any atom is -0.494 e. The number of aromatic amines is 1. The summed E-state index contributed by atoms with van der Waals surface area (Å²) in [5, 5.41) is 17.8. The van der Waals surface area contributed by atoms with Crippen LogP contribution in [0.2, 0.25) is 0 Å². The molecule has 0 spiro atoms. The number of nitrogens with zero attached hydrogens (tertiary/aromatic N) is 2. The monoisotopic (exact) mass is 411 g/mol. The van der Waals surface area contributed by atoms with Crippen molar-refractivity contribution in [1.29, 1.82) is 0 Å². The molecular formula is C19H17N5O2S2. The summed E-state index contributed by atoms with van der Waals surface area (Å²) in [5.74, 6) is -0.310. The van der Waals surface area contributed by atoms with E-state index in [4.69, 9.17) is 24.4 Å². The normalized spacial score (nSPS) is 10.8. The summed E-state index contributed by atoms with van der Waals surface area (Å²) in [6, 6.07) is 16.7. The van der Waals surface area contributed by atoms with Gasteiger partial charge in [0.05, 0.1) is 11.9 Å². The van der Waals surface area contributed by atoms with Crippen LogP contribution in [-0.2, 0) is 0 Å². The molecule has 1 heterocycles. The molecule has 0 aliphatic rings. The van der Waals surface area contributed by atoms with Crippen LogP contribution in [0.1, 0.15) is 11.1 Å². The maximum Gasteiger partial charge on any atom is 0.264 e. The van der Waals surface area contributed by atoms with Crippen molar-refractivity contribution < 1.29 is 5.11 Å². The third-order valence-corrected chi connectivity index (χ3v) is 4.35. The third-order valence-electron chi connectivity index (χ3n) is 3.87. The van der Waals surface area contributed by atoms with Crippen LogP contribution < -0.4 is 16.3 Å². The number of aromatic hydroxyl groups is 1. The number of hydrogen-bond donors (Lipinski definition) is 4. The molecule has 4 N–H and O–H groups in total. The Morgan fingerprint density at radius 3 is 2.57 bits per heavy atom. The van der Waals surface area contributed by atoms with Crippen molar-refractivity contribution in [2.75, 3.05) is 5.32 Å². The lowest BCUT2D eigenvalue weighted by Gasteiger charge is -2.13. The molecule has 3 rings (SSSR count). The first-order valence-corrected chi connectivity index (χ1v) is 9.08. The molecule has 1 aromatic heterocycles. The lowest BCUT2D eigenvalue weighted by molar-refractivity contribution is 0.432. The van der Waals surface area contributed by atoms with Gasteiger partial charge in [0.1, 0.15) is 5.56 Å². The molecule has 0 fully saturated rings. The summed E-state index contributed by atoms with van der Waals surface area (Å²) < 4.78 is 1.47. The third kappa shape index (κ3) is 4.33. The predicted molar refractivity (Wildman–Crippen MR) is 117 cm³/mol. The number of thiocarbonyl (C=S) groups is 1. The van der Waals surface area contributed by atoms with Crippen LogP contribution in [0.15, 0.2) is 64.5 Å². The van der Waals surface area contributed by atoms with E-state index in [1.54, 1.807) is 6.07 Å². The van der Waals surface area contributed by atoms with Gasteiger partial charge in [-0.2, -0.15) is 5.10 Å². The SMILES string of the molecule is Cc1ccccc1-n1c(O)c(C=NNC(=S)Nc2ccccc2)c(=O)[nH]c1=S. The predicted octanol–water partition coefficient (Wildman–Crippen LogP) is 3.23. The summed E-state index contributed by atoms with van der Waals surface area (Å²) in [4.78, 5) is 14.8. The standard InChI is InChI=1S/C19H17N5O2S2/c1-12-7-5-6-10-15(12)24-17(26)14(16(25)22-19(24)28)11-20-23-18(27)21-13-8-3-2-4-9-13/h2-11,26H,1H3,(H2,21,23,27)(H,22,25,28). The molecule has 0 unspecified atom stereocenters. The summed E-state index contributed by atoms with van der Waals surface area (Å²) in [6.45, 7) is 1.88. The molecular weight excluding hydrogens is 394 g/mol. The summed E-state index contributed by atoms with van der Waals surface area (Å²) in [5.41, 5.74) is 4.34. The highest BCUT2D eigenvalue weighted by Crippen LogP contribution is 2.21. The molecule has 0 atom stereocenters. The number of aromatic nitrogens is 2. The molecule has 7 nitrogen and oxygen atoms in total. The molecule has 2 aromatic carbocycles. The van der Waals surface area contributed by atoms with E-state index in [2.05, 4.69) is 20.8 Å². The largest absolute Gasteiger partial charge is 0.494 e. The van der Waals surface area contributed by atoms with Crippen LogP contribution >= 0.6 is 24.4 Å². The Kier molecular flexibility index (Phi) is 5.97. The maximum absolute atomic E-state index is 12.2. The zero-order valence-corrected chi connectivity index (χ0v) is 16.5. The Morgan fingerprint density at radius 1 is 1.18 bits per heavy atom. The average Bonchev–Trinajstić information content (AvgIpc) is 2.66. The molecule has 0 aliphatic carbocycles. The Balaban J connectivity index is 1.86. The highest BCUT2D eigenvalue weighted by molar-refractivity contribution is 7.80. The molecule has 0 saturated carbocycles. The first-order chi connectivity index (χ1) is 13.5. The number of nitrogens with one attached hydrogen (secondary N) is 3. The topological polar surface area (TPSA) is 94.4 Å². The van der Waals surface area contributed by atoms with Crippen LogP contribution in [0.5, 0.6) is 5.88 Å². The maximum atomic E-state index is 12.2. The van der Waals surface area contributed by atoms with Gasteiger partial charge in [-0.15, -0.1) is 0 Å². The van der Waals surface area contributed by atoms with Crippen LogP contribution in [-0.4, -0.2) is 26.0 Å². The van der Waals surface area contributed by atoms with E-state index in [-0.39, 0.29) is 21.3 Å². The highest BCUT2D eigenvalue weighted by Gasteiger charge is 2.13. The molecule has 0 radical (unpaired) electrons. The Morgan fingerprint density at radius 2 is 1.86 bits per heavy atom. The lowest BCUT2D eigenvalue weighted by atomic mass is 10.2. The van der Waals surface area contributed by atoms with Crippen molar-refractivity contribution in [1.82, 2.24) is 15.0 Å². The van der Waals surface area contributed by atoms with Crippen LogP contribution in [0.4, 0.5) is 5.69 Å². The molecule has 142 valence electrons. The first-order valence-electron chi connectivity index (χ1n) is 8.27. The van der Waals surface area contributed by atoms with Gasteiger partial charge in [0.25, 0.3) is 5.56 Å². The van der Waals surface area contributed by atoms with Crippen molar-refractivity contribution in [3.8, 4) is 11.6 Å². The van der Waals surface area contributed by atoms with E-state index >= 15 is 0 Å². The van der Waals surface area contributed by atoms with Gasteiger partial charge in [-0.1, -0.05) is 36.4 Å². The number of benzene rings is 2. The smallest absolute Gasteiger partial charge is 0.264 e. The van der Waals surface area contributed by atoms with Crippen LogP contribution in [0, 0.1) is 11.7 Å². The summed E-state index contributed by atoms with van der Waals surface area (Å²) in [7, 11) is 0. The molecule has 3 aromatic rings. The van der Waals surface area contributed by atoms with E-state index in [0.717, 1.165) is 11.3 Å². The molecule has 0 aliphatic heterocycles. The second-order valence-corrected chi connectivity index (χ2v) is 6.60. The van der Waals surface area contributed by atoms with Crippen molar-refractivity contribution in [3.05, 3.63) is 80.8 Å². The number of anilines is 1. The van der Waals surface area contributed by atoms with Gasteiger partial charge >= 0.3 is 0 Å². The second kappa shape index (κ2) is 8.59. The van der Waals surface area contributed by atoms with E-state index in [1.807, 2.05) is 55.5 Å². The van der Waals surface area contributed by atoms with Crippen molar-refractivity contribution in [2.24, 2.45) is 5.10 Å². The van der Waals surface area contributed by atoms with Gasteiger partial charge in [-0.05, 0) is 55.1 Å². The second-order valence-electron chi connectivity index (χ2n) is 5.81. The first kappa shape index (κ1) is 19.5. The van der Waals surface area contributed by atoms with Crippen LogP contribution in [0.25, 0.3) is 5.69 Å². The minimum atomic E-state index is -0.556. The lowest BCUT2D eigenvalue weighted by Crippen LogP contribution is -2.25. The number of para-hydroxylation sites is 2. The number of aryl methyl sites for hydroxylation is 1. The minimum absolute atomic E-state index is 0.0492. The summed E-state index contributed by atoms with van der Waals surface area (Å²) in [6.07, 6.45) is 1.19. The fraction of sp³-hybridized carbons (Fsp3) is 0.0526. The highest BCUT2D eigenvalue weighted by atomic mass is 32.1. The van der Waals surface area contributed by atoms with Crippen molar-refractivity contribution in [2.45, 2.75) is 6.92 Å². The van der Waals surface area contributed by atoms with Crippen LogP contribution in [0.3, 0.4) is 0 Å². The van der Waals surface area contributed by atoms with Gasteiger partial charge in [-0.25, -0.2) is 0 Å². The fourth-order valence-electron chi connectivity index (χ4n) is 2.53. The average molecular weight is 412 g/mol. The Labute approximate surface area is 171 Å². The summed E-state index contributed by atoms with van der Waals surface area (Å²) >= 11 is 10.4. The van der Waals surface area contributed by atoms with Crippen molar-refractivity contribution >= 4 is 41.5 Å². The molecule has 0 bridgehead atoms. The number of hydrogen-bond acceptors (Lipinski definition) is 5. The molecule has 0 amide bonds. The van der Waals surface area contributed by atoms with Gasteiger partial charge in [0.2, 0.25) is 5.88 Å². The van der Waals surface area contributed by atoms with Gasteiger partial charge in [-0.3, -0.25) is 19.8 Å². The number of hydrazone groups is 1. The van der Waals surface area contributed by atoms with E-state index < -0.39 is 5.56 Å². The molecule has 9 heteroatoms. The van der Waals surface area contributed by atoms with Crippen molar-refractivity contribution in [3.63, 3.8) is 0 Å². The Bertz CT molecular complexity index is 1150. The Hall–Kier alpha value is -3.30. The quantitative estimate of drug-likeness (QED) is 0.299. The van der Waals surface area contributed by atoms with E-state index in [1.165, 1.54) is 10.8 Å². The molecule has 0 saturated heterocycles. The zero-order chi connectivity index (χ0) is 20.1. The van der Waals surface area contributed by atoms with Gasteiger partial charge < -0.3 is 10.4 Å². The van der Waals surface area contributed by atoms with Gasteiger partial charge in [0.15, 0.2) is 9.88 Å².